The summed E-state index contributed by atoms with van der Waals surface area (Å²) in [6, 6.07) is 18.2. The Balaban J connectivity index is 2.02. The fourth-order valence-electron chi connectivity index (χ4n) is 1.72. The van der Waals surface area contributed by atoms with Gasteiger partial charge in [0.25, 0.3) is 6.07 Å². The first-order chi connectivity index (χ1) is 8.79. The van der Waals surface area contributed by atoms with Crippen molar-refractivity contribution in [2.24, 2.45) is 0 Å². The van der Waals surface area contributed by atoms with Gasteiger partial charge in [-0.3, -0.25) is 5.32 Å². The number of hydrogen-bond donors (Lipinski definition) is 2. The molecular formula is C15H14FN2+. The standard InChI is InChI=1S/C15H13FN2/c16-14-8-6-13(7-9-14)15(10-17)18-11-12-4-2-1-3-5-12/h1-9,15,18H,11H2/p+1/t15-/m0/s1. The van der Waals surface area contributed by atoms with Gasteiger partial charge in [-0.2, -0.15) is 0 Å². The fraction of sp³-hybridized carbons (Fsp3) is 0.133. The van der Waals surface area contributed by atoms with Crippen molar-refractivity contribution in [1.82, 2.24) is 5.32 Å². The summed E-state index contributed by atoms with van der Waals surface area (Å²) in [6.07, 6.45) is 0. The van der Waals surface area contributed by atoms with Crippen molar-refractivity contribution in [2.45, 2.75) is 12.6 Å². The van der Waals surface area contributed by atoms with Crippen molar-refractivity contribution in [2.75, 3.05) is 0 Å². The predicted molar refractivity (Wildman–Crippen MR) is 67.3 cm³/mol. The third-order valence-corrected chi connectivity index (χ3v) is 2.70. The van der Waals surface area contributed by atoms with Gasteiger partial charge in [-0.15, -0.1) is 0 Å². The summed E-state index contributed by atoms with van der Waals surface area (Å²) in [6.45, 7) is 0.648. The van der Waals surface area contributed by atoms with Gasteiger partial charge in [-0.25, -0.2) is 4.39 Å². The quantitative estimate of drug-likeness (QED) is 0.834. The molecule has 0 unspecified atom stereocenters. The Morgan fingerprint density at radius 3 is 2.33 bits per heavy atom. The van der Waals surface area contributed by atoms with E-state index in [1.165, 1.54) is 12.1 Å². The second-order valence-corrected chi connectivity index (χ2v) is 4.00. The summed E-state index contributed by atoms with van der Waals surface area (Å²) in [5.74, 6) is -0.273. The van der Waals surface area contributed by atoms with Crippen molar-refractivity contribution in [3.05, 3.63) is 71.5 Å². The van der Waals surface area contributed by atoms with Crippen LogP contribution in [0.25, 0.3) is 0 Å². The Bertz CT molecular complexity index is 529. The van der Waals surface area contributed by atoms with Gasteiger partial charge in [0.05, 0.1) is 0 Å². The lowest BCUT2D eigenvalue weighted by molar-refractivity contribution is -0.0969. The van der Waals surface area contributed by atoms with Crippen molar-refractivity contribution in [3.63, 3.8) is 0 Å². The van der Waals surface area contributed by atoms with Crippen LogP contribution in [0.3, 0.4) is 0 Å². The minimum absolute atomic E-state index is 0.273. The smallest absolute Gasteiger partial charge is 0.290 e. The van der Waals surface area contributed by atoms with Crippen LogP contribution in [-0.4, -0.2) is 0 Å². The molecule has 0 radical (unpaired) electrons. The zero-order valence-corrected chi connectivity index (χ0v) is 9.86. The highest BCUT2D eigenvalue weighted by Gasteiger charge is 2.13. The summed E-state index contributed by atoms with van der Waals surface area (Å²) < 4.78 is 12.8. The van der Waals surface area contributed by atoms with Crippen LogP contribution in [0.15, 0.2) is 54.6 Å². The lowest BCUT2D eigenvalue weighted by Crippen LogP contribution is -2.28. The topological polar surface area (TPSA) is 35.8 Å². The van der Waals surface area contributed by atoms with Crippen LogP contribution in [0.2, 0.25) is 0 Å². The molecule has 1 atom stereocenters. The Labute approximate surface area is 106 Å². The monoisotopic (exact) mass is 241 g/mol. The van der Waals surface area contributed by atoms with Crippen LogP contribution in [0.4, 0.5) is 4.39 Å². The molecule has 2 aromatic rings. The summed E-state index contributed by atoms with van der Waals surface area (Å²) in [7, 11) is 0. The van der Waals surface area contributed by atoms with Crippen LogP contribution < -0.4 is 10.6 Å². The number of hydrogen-bond acceptors (Lipinski definition) is 1. The Morgan fingerprint density at radius 1 is 1.06 bits per heavy atom. The Hall–Kier alpha value is -2.18. The first-order valence-electron chi connectivity index (χ1n) is 5.74. The van der Waals surface area contributed by atoms with Crippen LogP contribution in [0, 0.1) is 11.9 Å². The highest BCUT2D eigenvalue weighted by molar-refractivity contribution is 5.24. The summed E-state index contributed by atoms with van der Waals surface area (Å²) in [5, 5.41) is 10.5. The van der Waals surface area contributed by atoms with Gasteiger partial charge in [0.15, 0.2) is 6.04 Å². The molecule has 0 aliphatic carbocycles. The lowest BCUT2D eigenvalue weighted by Gasteiger charge is -2.09. The SMILES string of the molecule is [NH+]#C[C@H](NCc1ccccc1)c1ccc(F)cc1. The molecule has 90 valence electrons. The molecule has 0 aromatic heterocycles. The second-order valence-electron chi connectivity index (χ2n) is 4.00. The molecule has 3 heteroatoms. The molecule has 0 bridgehead atoms. The summed E-state index contributed by atoms with van der Waals surface area (Å²) in [5.41, 5.74) is 1.97. The highest BCUT2D eigenvalue weighted by Crippen LogP contribution is 2.13. The van der Waals surface area contributed by atoms with E-state index >= 15 is 0 Å². The minimum Gasteiger partial charge on any atom is -0.290 e. The van der Waals surface area contributed by atoms with Crippen LogP contribution in [0.5, 0.6) is 0 Å². The van der Waals surface area contributed by atoms with Gasteiger partial charge >= 0.3 is 0 Å². The number of halogens is 1. The molecule has 0 amide bonds. The van der Waals surface area contributed by atoms with Crippen molar-refractivity contribution >= 4 is 0 Å². The third-order valence-electron chi connectivity index (χ3n) is 2.70. The van der Waals surface area contributed by atoms with E-state index in [2.05, 4.69) is 11.4 Å². The molecule has 0 spiro atoms. The molecule has 0 heterocycles. The Morgan fingerprint density at radius 2 is 1.72 bits per heavy atom. The fourth-order valence-corrected chi connectivity index (χ4v) is 1.72. The summed E-state index contributed by atoms with van der Waals surface area (Å²) >= 11 is 0. The van der Waals surface area contributed by atoms with E-state index in [0.29, 0.717) is 6.54 Å². The molecule has 0 aliphatic heterocycles. The van der Waals surface area contributed by atoms with Crippen LogP contribution in [-0.2, 0) is 6.54 Å². The molecule has 0 saturated carbocycles. The maximum absolute atomic E-state index is 12.8. The van der Waals surface area contributed by atoms with E-state index in [0.717, 1.165) is 11.1 Å². The normalized spacial score (nSPS) is 11.8. The van der Waals surface area contributed by atoms with Gasteiger partial charge in [0.1, 0.15) is 5.82 Å². The van der Waals surface area contributed by atoms with Gasteiger partial charge < -0.3 is 0 Å². The minimum atomic E-state index is -0.314. The first kappa shape index (κ1) is 12.3. The van der Waals surface area contributed by atoms with Gasteiger partial charge in [0, 0.05) is 6.54 Å². The van der Waals surface area contributed by atoms with Gasteiger partial charge in [0.2, 0.25) is 0 Å². The average Bonchev–Trinajstić information content (AvgIpc) is 2.42. The summed E-state index contributed by atoms with van der Waals surface area (Å²) in [4.78, 5) is 0. The molecule has 2 N–H and O–H groups in total. The molecule has 2 aromatic carbocycles. The third kappa shape index (κ3) is 3.16. The van der Waals surface area contributed by atoms with E-state index in [1.807, 2.05) is 30.3 Å². The van der Waals surface area contributed by atoms with Crippen LogP contribution in [0.1, 0.15) is 17.2 Å². The molecule has 2 nitrogen and oxygen atoms in total. The van der Waals surface area contributed by atoms with E-state index in [9.17, 15) is 4.39 Å². The molecule has 0 aliphatic rings. The number of nitrogens with one attached hydrogen (secondary N) is 2. The van der Waals surface area contributed by atoms with Crippen LogP contribution >= 0.6 is 0 Å². The van der Waals surface area contributed by atoms with E-state index in [1.54, 1.807) is 12.1 Å². The van der Waals surface area contributed by atoms with Crippen molar-refractivity contribution < 1.29 is 9.65 Å². The maximum Gasteiger partial charge on any atom is 0.294 e. The van der Waals surface area contributed by atoms with E-state index < -0.39 is 0 Å². The van der Waals surface area contributed by atoms with Gasteiger partial charge in [-0.05, 0) is 23.3 Å². The largest absolute Gasteiger partial charge is 0.294 e. The average molecular weight is 241 g/mol. The van der Waals surface area contributed by atoms with E-state index in [4.69, 9.17) is 5.26 Å². The second kappa shape index (κ2) is 5.95. The zero-order chi connectivity index (χ0) is 12.8. The number of benzene rings is 2. The van der Waals surface area contributed by atoms with E-state index in [-0.39, 0.29) is 11.9 Å². The first-order valence-corrected chi connectivity index (χ1v) is 5.74. The van der Waals surface area contributed by atoms with Gasteiger partial charge in [-0.1, -0.05) is 47.7 Å². The molecule has 18 heavy (non-hydrogen) atoms. The molecule has 2 rings (SSSR count). The number of rotatable bonds is 4. The lowest BCUT2D eigenvalue weighted by atomic mass is 10.1. The molecule has 0 saturated heterocycles. The zero-order valence-electron chi connectivity index (χ0n) is 9.86. The predicted octanol–water partition coefficient (Wildman–Crippen LogP) is 1.43. The van der Waals surface area contributed by atoms with Crippen molar-refractivity contribution in [3.8, 4) is 6.07 Å². The molecular weight excluding hydrogens is 227 g/mol. The molecule has 0 fully saturated rings. The Kier molecular flexibility index (Phi) is 4.06. The highest BCUT2D eigenvalue weighted by atomic mass is 19.1. The van der Waals surface area contributed by atoms with Crippen molar-refractivity contribution in [1.29, 1.82) is 0 Å². The maximum atomic E-state index is 12.8.